The third-order valence-electron chi connectivity index (χ3n) is 3.74. The van der Waals surface area contributed by atoms with Crippen molar-refractivity contribution in [2.75, 3.05) is 7.05 Å². The Morgan fingerprint density at radius 1 is 1.14 bits per heavy atom. The maximum absolute atomic E-state index is 13.3. The monoisotopic (exact) mass is 286 g/mol. The average Bonchev–Trinajstić information content (AvgIpc) is 2.44. The van der Waals surface area contributed by atoms with Crippen molar-refractivity contribution in [2.24, 2.45) is 0 Å². The molecule has 1 atom stereocenters. The second kappa shape index (κ2) is 6.35. The third kappa shape index (κ3) is 4.11. The van der Waals surface area contributed by atoms with Gasteiger partial charge < -0.3 is 5.32 Å². The van der Waals surface area contributed by atoms with E-state index in [2.05, 4.69) is 55.3 Å². The lowest BCUT2D eigenvalue weighted by Gasteiger charge is -2.20. The predicted octanol–water partition coefficient (Wildman–Crippen LogP) is 4.02. The Hall–Kier alpha value is -1.74. The van der Waals surface area contributed by atoms with Crippen LogP contribution in [0.4, 0.5) is 4.39 Å². The molecule has 0 fully saturated rings. The van der Waals surface area contributed by atoms with Gasteiger partial charge in [0, 0.05) is 12.2 Å². The smallest absolute Gasteiger partial charge is 0.141 e. The number of halogens is 1. The van der Waals surface area contributed by atoms with Crippen LogP contribution in [0.5, 0.6) is 0 Å². The number of hydrogen-bond acceptors (Lipinski definition) is 2. The molecule has 1 aromatic carbocycles. The Morgan fingerprint density at radius 3 is 2.33 bits per heavy atom. The summed E-state index contributed by atoms with van der Waals surface area (Å²) in [5.41, 5.74) is 3.58. The van der Waals surface area contributed by atoms with E-state index in [-0.39, 0.29) is 17.3 Å². The highest BCUT2D eigenvalue weighted by Gasteiger charge is 2.15. The van der Waals surface area contributed by atoms with Crippen molar-refractivity contribution >= 4 is 0 Å². The van der Waals surface area contributed by atoms with Gasteiger partial charge in [-0.25, -0.2) is 4.39 Å². The Balaban J connectivity index is 2.15. The molecule has 2 rings (SSSR count). The molecular formula is C18H23FN2. The van der Waals surface area contributed by atoms with Crippen LogP contribution in [0.15, 0.2) is 42.7 Å². The maximum atomic E-state index is 13.3. The van der Waals surface area contributed by atoms with E-state index in [0.717, 1.165) is 12.0 Å². The molecule has 0 aliphatic heterocycles. The maximum Gasteiger partial charge on any atom is 0.141 e. The third-order valence-corrected chi connectivity index (χ3v) is 3.74. The zero-order chi connectivity index (χ0) is 15.5. The van der Waals surface area contributed by atoms with Gasteiger partial charge in [0.15, 0.2) is 0 Å². The zero-order valence-corrected chi connectivity index (χ0v) is 13.2. The molecule has 0 bridgehead atoms. The minimum Gasteiger partial charge on any atom is -0.313 e. The summed E-state index contributed by atoms with van der Waals surface area (Å²) < 4.78 is 13.3. The largest absolute Gasteiger partial charge is 0.313 e. The fourth-order valence-corrected chi connectivity index (χ4v) is 2.38. The first-order valence-electron chi connectivity index (χ1n) is 7.27. The van der Waals surface area contributed by atoms with E-state index in [4.69, 9.17) is 0 Å². The Labute approximate surface area is 126 Å². The van der Waals surface area contributed by atoms with Crippen LogP contribution >= 0.6 is 0 Å². The van der Waals surface area contributed by atoms with Gasteiger partial charge in [-0.1, -0.05) is 45.0 Å². The molecule has 1 aromatic heterocycles. The first-order valence-corrected chi connectivity index (χ1v) is 7.27. The zero-order valence-electron chi connectivity index (χ0n) is 13.2. The highest BCUT2D eigenvalue weighted by molar-refractivity contribution is 5.29. The summed E-state index contributed by atoms with van der Waals surface area (Å²) in [4.78, 5) is 3.93. The first-order chi connectivity index (χ1) is 9.90. The molecule has 1 unspecified atom stereocenters. The van der Waals surface area contributed by atoms with E-state index in [1.54, 1.807) is 6.20 Å². The van der Waals surface area contributed by atoms with Gasteiger partial charge in [0.05, 0.1) is 6.20 Å². The number of aromatic nitrogens is 1. The van der Waals surface area contributed by atoms with Crippen LogP contribution in [0.2, 0.25) is 0 Å². The molecule has 0 saturated heterocycles. The summed E-state index contributed by atoms with van der Waals surface area (Å²) in [5.74, 6) is -0.296. The second-order valence-electron chi connectivity index (χ2n) is 6.43. The summed E-state index contributed by atoms with van der Waals surface area (Å²) in [5, 5.41) is 3.23. The number of benzene rings is 1. The van der Waals surface area contributed by atoms with Gasteiger partial charge in [-0.15, -0.1) is 0 Å². The molecule has 0 spiro atoms. The summed E-state index contributed by atoms with van der Waals surface area (Å²) in [7, 11) is 1.89. The molecule has 2 aromatic rings. The lowest BCUT2D eigenvalue weighted by Crippen LogP contribution is -2.19. The molecule has 21 heavy (non-hydrogen) atoms. The summed E-state index contributed by atoms with van der Waals surface area (Å²) in [6, 6.07) is 10.2. The Bertz CT molecular complexity index is 585. The normalized spacial score (nSPS) is 13.2. The molecule has 1 heterocycles. The van der Waals surface area contributed by atoms with Gasteiger partial charge in [-0.05, 0) is 41.6 Å². The van der Waals surface area contributed by atoms with E-state index in [9.17, 15) is 4.39 Å². The van der Waals surface area contributed by atoms with Gasteiger partial charge in [-0.3, -0.25) is 4.98 Å². The van der Waals surface area contributed by atoms with Gasteiger partial charge in [0.2, 0.25) is 0 Å². The van der Waals surface area contributed by atoms with Crippen molar-refractivity contribution < 1.29 is 4.39 Å². The van der Waals surface area contributed by atoms with Crippen LogP contribution in [0.3, 0.4) is 0 Å². The Morgan fingerprint density at radius 2 is 1.81 bits per heavy atom. The van der Waals surface area contributed by atoms with E-state index < -0.39 is 0 Å². The van der Waals surface area contributed by atoms with E-state index >= 15 is 0 Å². The number of nitrogens with zero attached hydrogens (tertiary/aromatic N) is 1. The molecule has 2 nitrogen and oxygen atoms in total. The molecule has 0 amide bonds. The lowest BCUT2D eigenvalue weighted by molar-refractivity contribution is 0.570. The molecule has 0 radical (unpaired) electrons. The number of pyridine rings is 1. The van der Waals surface area contributed by atoms with E-state index in [0.29, 0.717) is 0 Å². The highest BCUT2D eigenvalue weighted by atomic mass is 19.1. The molecular weight excluding hydrogens is 263 g/mol. The van der Waals surface area contributed by atoms with Gasteiger partial charge in [0.1, 0.15) is 5.82 Å². The fourth-order valence-electron chi connectivity index (χ4n) is 2.38. The van der Waals surface area contributed by atoms with Crippen molar-refractivity contribution in [1.29, 1.82) is 0 Å². The molecule has 0 saturated carbocycles. The average molecular weight is 286 g/mol. The van der Waals surface area contributed by atoms with Gasteiger partial charge >= 0.3 is 0 Å². The summed E-state index contributed by atoms with van der Waals surface area (Å²) in [6.07, 6.45) is 3.76. The van der Waals surface area contributed by atoms with Crippen molar-refractivity contribution in [3.63, 3.8) is 0 Å². The van der Waals surface area contributed by atoms with E-state index in [1.807, 2.05) is 7.05 Å². The van der Waals surface area contributed by atoms with Crippen molar-refractivity contribution in [3.8, 4) is 0 Å². The molecule has 112 valence electrons. The standard InChI is InChI=1S/C18H23FN2/c1-18(2,3)15-7-5-13(6-8-15)9-17(20-4)14-10-16(19)12-21-11-14/h5-8,10-12,17,20H,9H2,1-4H3. The lowest BCUT2D eigenvalue weighted by atomic mass is 9.86. The SMILES string of the molecule is CNC(Cc1ccc(C(C)(C)C)cc1)c1cncc(F)c1. The highest BCUT2D eigenvalue weighted by Crippen LogP contribution is 2.24. The predicted molar refractivity (Wildman–Crippen MR) is 84.8 cm³/mol. The van der Waals surface area contributed by atoms with Crippen LogP contribution in [0, 0.1) is 5.82 Å². The molecule has 1 N–H and O–H groups in total. The molecule has 0 aliphatic rings. The minimum absolute atomic E-state index is 0.0636. The Kier molecular flexibility index (Phi) is 4.73. The van der Waals surface area contributed by atoms with Crippen molar-refractivity contribution in [1.82, 2.24) is 10.3 Å². The number of likely N-dealkylation sites (N-methyl/N-ethyl adjacent to an activating group) is 1. The van der Waals surface area contributed by atoms with Crippen LogP contribution < -0.4 is 5.32 Å². The van der Waals surface area contributed by atoms with Crippen LogP contribution in [0.1, 0.15) is 43.5 Å². The van der Waals surface area contributed by atoms with Crippen LogP contribution in [-0.2, 0) is 11.8 Å². The van der Waals surface area contributed by atoms with Gasteiger partial charge in [0.25, 0.3) is 0 Å². The topological polar surface area (TPSA) is 24.9 Å². The van der Waals surface area contributed by atoms with Crippen LogP contribution in [-0.4, -0.2) is 12.0 Å². The van der Waals surface area contributed by atoms with E-state index in [1.165, 1.54) is 23.4 Å². The first kappa shape index (κ1) is 15.6. The summed E-state index contributed by atoms with van der Waals surface area (Å²) in [6.45, 7) is 6.62. The number of rotatable bonds is 4. The number of hydrogen-bond donors (Lipinski definition) is 1. The second-order valence-corrected chi connectivity index (χ2v) is 6.43. The van der Waals surface area contributed by atoms with Crippen molar-refractivity contribution in [2.45, 2.75) is 38.6 Å². The van der Waals surface area contributed by atoms with Crippen molar-refractivity contribution in [3.05, 3.63) is 65.2 Å². The van der Waals surface area contributed by atoms with Gasteiger partial charge in [-0.2, -0.15) is 0 Å². The minimum atomic E-state index is -0.296. The molecule has 0 aliphatic carbocycles. The van der Waals surface area contributed by atoms with Crippen LogP contribution in [0.25, 0.3) is 0 Å². The number of nitrogens with one attached hydrogen (secondary N) is 1. The molecule has 3 heteroatoms. The summed E-state index contributed by atoms with van der Waals surface area (Å²) >= 11 is 0. The quantitative estimate of drug-likeness (QED) is 0.918. The fraction of sp³-hybridized carbons (Fsp3) is 0.389.